The minimum Gasteiger partial charge on any atom is -0.313 e. The number of sulfonamides is 1. The van der Waals surface area contributed by atoms with Crippen molar-refractivity contribution in [1.29, 1.82) is 0 Å². The highest BCUT2D eigenvalue weighted by Crippen LogP contribution is 2.37. The van der Waals surface area contributed by atoms with Gasteiger partial charge in [0, 0.05) is 19.6 Å². The van der Waals surface area contributed by atoms with Crippen LogP contribution in [0.4, 0.5) is 0 Å². The van der Waals surface area contributed by atoms with Crippen LogP contribution < -0.4 is 5.32 Å². The maximum atomic E-state index is 12.8. The zero-order valence-corrected chi connectivity index (χ0v) is 14.3. The molecule has 0 bridgehead atoms. The molecule has 1 fully saturated rings. The molecular formula is C15H23ClN2O2S. The van der Waals surface area contributed by atoms with Crippen molar-refractivity contribution < 1.29 is 8.42 Å². The van der Waals surface area contributed by atoms with Gasteiger partial charge in [-0.25, -0.2) is 8.42 Å². The molecule has 0 aliphatic heterocycles. The van der Waals surface area contributed by atoms with Crippen LogP contribution in [0.1, 0.15) is 32.3 Å². The third kappa shape index (κ3) is 3.77. The first-order chi connectivity index (χ1) is 9.87. The molecule has 0 heterocycles. The second-order valence-corrected chi connectivity index (χ2v) is 8.02. The molecule has 1 aromatic carbocycles. The molecule has 1 aliphatic rings. The highest BCUT2D eigenvalue weighted by molar-refractivity contribution is 7.89. The van der Waals surface area contributed by atoms with Crippen LogP contribution in [-0.4, -0.2) is 32.4 Å². The first kappa shape index (κ1) is 16.7. The van der Waals surface area contributed by atoms with Crippen LogP contribution >= 0.6 is 11.6 Å². The maximum absolute atomic E-state index is 12.8. The fourth-order valence-electron chi connectivity index (χ4n) is 2.37. The Morgan fingerprint density at radius 3 is 2.67 bits per heavy atom. The number of rotatable bonds is 7. The molecule has 6 heteroatoms. The van der Waals surface area contributed by atoms with E-state index in [2.05, 4.69) is 5.32 Å². The van der Waals surface area contributed by atoms with Gasteiger partial charge in [0.1, 0.15) is 4.90 Å². The average molecular weight is 331 g/mol. The molecule has 1 saturated carbocycles. The van der Waals surface area contributed by atoms with Crippen LogP contribution in [0.2, 0.25) is 5.02 Å². The van der Waals surface area contributed by atoms with E-state index in [1.807, 2.05) is 19.9 Å². The Hall–Kier alpha value is -0.620. The van der Waals surface area contributed by atoms with Crippen LogP contribution in [0, 0.1) is 5.92 Å². The van der Waals surface area contributed by atoms with Gasteiger partial charge in [0.25, 0.3) is 0 Å². The number of hydrogen-bond acceptors (Lipinski definition) is 3. The zero-order valence-electron chi connectivity index (χ0n) is 12.8. The second-order valence-electron chi connectivity index (χ2n) is 5.64. The molecule has 0 saturated heterocycles. The van der Waals surface area contributed by atoms with Gasteiger partial charge in [-0.15, -0.1) is 0 Å². The van der Waals surface area contributed by atoms with E-state index in [9.17, 15) is 8.42 Å². The minimum absolute atomic E-state index is 0.0171. The predicted octanol–water partition coefficient (Wildman–Crippen LogP) is 2.87. The molecule has 0 aromatic heterocycles. The molecule has 1 N–H and O–H groups in total. The Kier molecular flexibility index (Phi) is 5.30. The largest absolute Gasteiger partial charge is 0.313 e. The Balaban J connectivity index is 2.29. The Morgan fingerprint density at radius 1 is 1.43 bits per heavy atom. The van der Waals surface area contributed by atoms with Gasteiger partial charge in [-0.05, 0) is 49.9 Å². The monoisotopic (exact) mass is 330 g/mol. The van der Waals surface area contributed by atoms with Crippen molar-refractivity contribution in [1.82, 2.24) is 9.62 Å². The molecule has 1 aliphatic carbocycles. The molecular weight excluding hydrogens is 308 g/mol. The van der Waals surface area contributed by atoms with E-state index in [-0.39, 0.29) is 16.0 Å². The van der Waals surface area contributed by atoms with Crippen LogP contribution in [0.3, 0.4) is 0 Å². The van der Waals surface area contributed by atoms with Crippen molar-refractivity contribution in [3.8, 4) is 0 Å². The van der Waals surface area contributed by atoms with Gasteiger partial charge < -0.3 is 5.32 Å². The van der Waals surface area contributed by atoms with Crippen molar-refractivity contribution in [2.75, 3.05) is 13.6 Å². The van der Waals surface area contributed by atoms with Crippen LogP contribution in [0.15, 0.2) is 23.1 Å². The van der Waals surface area contributed by atoms with Gasteiger partial charge in [-0.2, -0.15) is 4.31 Å². The first-order valence-corrected chi connectivity index (χ1v) is 9.17. The number of hydrogen-bond donors (Lipinski definition) is 1. The topological polar surface area (TPSA) is 49.4 Å². The number of nitrogens with zero attached hydrogens (tertiary/aromatic N) is 1. The van der Waals surface area contributed by atoms with E-state index in [0.717, 1.165) is 24.9 Å². The molecule has 0 amide bonds. The fraction of sp³-hybridized carbons (Fsp3) is 0.600. The summed E-state index contributed by atoms with van der Waals surface area (Å²) in [6.07, 6.45) is 2.21. The van der Waals surface area contributed by atoms with Gasteiger partial charge in [-0.3, -0.25) is 0 Å². The lowest BCUT2D eigenvalue weighted by Crippen LogP contribution is -2.36. The second kappa shape index (κ2) is 6.65. The van der Waals surface area contributed by atoms with Crippen molar-refractivity contribution >= 4 is 21.6 Å². The summed E-state index contributed by atoms with van der Waals surface area (Å²) in [5, 5.41) is 3.47. The number of benzene rings is 1. The molecule has 118 valence electrons. The van der Waals surface area contributed by atoms with E-state index >= 15 is 0 Å². The summed E-state index contributed by atoms with van der Waals surface area (Å²) in [5.41, 5.74) is 0.923. The fourth-order valence-corrected chi connectivity index (χ4v) is 4.32. The van der Waals surface area contributed by atoms with Crippen LogP contribution in [-0.2, 0) is 16.6 Å². The van der Waals surface area contributed by atoms with E-state index < -0.39 is 10.0 Å². The number of halogens is 1. The van der Waals surface area contributed by atoms with Crippen molar-refractivity contribution in [3.63, 3.8) is 0 Å². The summed E-state index contributed by atoms with van der Waals surface area (Å²) in [7, 11) is -1.90. The average Bonchev–Trinajstić information content (AvgIpc) is 3.29. The smallest absolute Gasteiger partial charge is 0.244 e. The highest BCUT2D eigenvalue weighted by Gasteiger charge is 2.36. The Labute approximate surface area is 132 Å². The van der Waals surface area contributed by atoms with Crippen LogP contribution in [0.5, 0.6) is 0 Å². The molecule has 1 unspecified atom stereocenters. The van der Waals surface area contributed by atoms with Crippen molar-refractivity contribution in [2.24, 2.45) is 5.92 Å². The van der Waals surface area contributed by atoms with Gasteiger partial charge >= 0.3 is 0 Å². The predicted molar refractivity (Wildman–Crippen MR) is 86.0 cm³/mol. The quantitative estimate of drug-likeness (QED) is 0.836. The summed E-state index contributed by atoms with van der Waals surface area (Å²) in [5.74, 6) is 0.480. The molecule has 2 rings (SSSR count). The van der Waals surface area contributed by atoms with Gasteiger partial charge in [0.15, 0.2) is 0 Å². The lowest BCUT2D eigenvalue weighted by molar-refractivity contribution is 0.357. The van der Waals surface area contributed by atoms with E-state index in [1.54, 1.807) is 19.2 Å². The lowest BCUT2D eigenvalue weighted by Gasteiger charge is -2.25. The Morgan fingerprint density at radius 2 is 2.10 bits per heavy atom. The molecule has 21 heavy (non-hydrogen) atoms. The summed E-state index contributed by atoms with van der Waals surface area (Å²) in [6, 6.07) is 5.21. The van der Waals surface area contributed by atoms with Crippen molar-refractivity contribution in [3.05, 3.63) is 28.8 Å². The van der Waals surface area contributed by atoms with Gasteiger partial charge in [0.05, 0.1) is 5.02 Å². The normalized spacial score (nSPS) is 17.2. The third-order valence-electron chi connectivity index (χ3n) is 4.11. The maximum Gasteiger partial charge on any atom is 0.244 e. The molecule has 4 nitrogen and oxygen atoms in total. The lowest BCUT2D eigenvalue weighted by atomic mass is 10.2. The number of nitrogens with one attached hydrogen (secondary N) is 1. The summed E-state index contributed by atoms with van der Waals surface area (Å²) in [4.78, 5) is 0.203. The van der Waals surface area contributed by atoms with Gasteiger partial charge in [0.2, 0.25) is 10.0 Å². The van der Waals surface area contributed by atoms with Gasteiger partial charge in [-0.1, -0.05) is 24.6 Å². The zero-order chi connectivity index (χ0) is 15.6. The molecule has 1 atom stereocenters. The van der Waals surface area contributed by atoms with Crippen molar-refractivity contribution in [2.45, 2.75) is 44.2 Å². The van der Waals surface area contributed by atoms with E-state index in [1.165, 1.54) is 4.31 Å². The highest BCUT2D eigenvalue weighted by atomic mass is 35.5. The van der Waals surface area contributed by atoms with E-state index in [0.29, 0.717) is 12.5 Å². The summed E-state index contributed by atoms with van der Waals surface area (Å²) in [6.45, 7) is 5.45. The SMILES string of the molecule is CCNCc1ccc(Cl)c(S(=O)(=O)N(C)C(C)C2CC2)c1. The first-order valence-electron chi connectivity index (χ1n) is 7.35. The molecule has 0 spiro atoms. The van der Waals surface area contributed by atoms with Crippen LogP contribution in [0.25, 0.3) is 0 Å². The minimum atomic E-state index is -3.55. The standard InChI is InChI=1S/C15H23ClN2O2S/c1-4-17-10-12-5-8-14(16)15(9-12)21(19,20)18(3)11(2)13-6-7-13/h5,8-9,11,13,17H,4,6-7,10H2,1-3H3. The molecule has 0 radical (unpaired) electrons. The summed E-state index contributed by atoms with van der Waals surface area (Å²) >= 11 is 6.13. The molecule has 1 aromatic rings. The third-order valence-corrected chi connectivity index (χ3v) is 6.54. The Bertz CT molecular complexity index is 600. The summed E-state index contributed by atoms with van der Waals surface area (Å²) < 4.78 is 27.0. The van der Waals surface area contributed by atoms with E-state index in [4.69, 9.17) is 11.6 Å².